The van der Waals surface area contributed by atoms with E-state index in [0.29, 0.717) is 35.0 Å². The molecule has 0 saturated heterocycles. The molecule has 2 bridgehead atoms. The number of amides is 1. The van der Waals surface area contributed by atoms with Crippen molar-refractivity contribution in [3.05, 3.63) is 71.3 Å². The Labute approximate surface area is 189 Å². The van der Waals surface area contributed by atoms with Gasteiger partial charge in [-0.3, -0.25) is 9.48 Å². The molecule has 6 heteroatoms. The predicted octanol–water partition coefficient (Wildman–Crippen LogP) is 4.34. The Hall–Kier alpha value is -3.85. The highest BCUT2D eigenvalue weighted by Gasteiger charge is 2.44. The molecule has 4 heterocycles. The van der Waals surface area contributed by atoms with E-state index in [1.54, 1.807) is 18.2 Å². The number of terminal acetylenes is 1. The standard InChI is InChI=1S/C26H21N5O/c1-3-15-5-4-6-19-24(15)22-12-23(29(2)26(19)32)25-28-20-10-7-16(11-21(20)31(22)25)17-13-27-30(14-17)18-8-9-18/h1,4-7,10-11,13-14,18,22-23H,8-9,12H2,2H3/t22-,23-/m1/s1/i2D3. The van der Waals surface area contributed by atoms with Gasteiger partial charge >= 0.3 is 0 Å². The lowest BCUT2D eigenvalue weighted by molar-refractivity contribution is 0.0734. The summed E-state index contributed by atoms with van der Waals surface area (Å²) in [5, 5.41) is 4.52. The van der Waals surface area contributed by atoms with Crippen LogP contribution >= 0.6 is 0 Å². The van der Waals surface area contributed by atoms with Crippen LogP contribution in [0.3, 0.4) is 0 Å². The third kappa shape index (κ3) is 2.28. The van der Waals surface area contributed by atoms with E-state index in [2.05, 4.69) is 27.8 Å². The van der Waals surface area contributed by atoms with Gasteiger partial charge in [0.15, 0.2) is 0 Å². The number of fused-ring (bicyclic) bond motifs is 9. The molecule has 2 aromatic carbocycles. The third-order valence-corrected chi connectivity index (χ3v) is 6.98. The summed E-state index contributed by atoms with van der Waals surface area (Å²) in [5.41, 5.74) is 5.33. The highest BCUT2D eigenvalue weighted by molar-refractivity contribution is 5.98. The lowest BCUT2D eigenvalue weighted by atomic mass is 9.93. The van der Waals surface area contributed by atoms with E-state index < -0.39 is 18.9 Å². The summed E-state index contributed by atoms with van der Waals surface area (Å²) in [4.78, 5) is 19.4. The van der Waals surface area contributed by atoms with E-state index in [-0.39, 0.29) is 6.04 Å². The predicted molar refractivity (Wildman–Crippen MR) is 121 cm³/mol. The fourth-order valence-corrected chi connectivity index (χ4v) is 5.28. The molecule has 4 aromatic rings. The summed E-state index contributed by atoms with van der Waals surface area (Å²) in [7, 11) is 0. The Balaban J connectivity index is 1.47. The number of aromatic nitrogens is 4. The topological polar surface area (TPSA) is 56.0 Å². The van der Waals surface area contributed by atoms with Crippen molar-refractivity contribution in [3.63, 3.8) is 0 Å². The minimum absolute atomic E-state index is 0.289. The highest BCUT2D eigenvalue weighted by atomic mass is 16.2. The second-order valence-corrected chi connectivity index (χ2v) is 8.84. The molecule has 1 saturated carbocycles. The second kappa shape index (κ2) is 6.10. The number of carbonyl (C=O) groups excluding carboxylic acids is 1. The lowest BCUT2D eigenvalue weighted by Crippen LogP contribution is -2.30. The van der Waals surface area contributed by atoms with E-state index in [1.807, 2.05) is 23.0 Å². The Morgan fingerprint density at radius 3 is 2.91 bits per heavy atom. The molecule has 156 valence electrons. The van der Waals surface area contributed by atoms with Crippen molar-refractivity contribution < 1.29 is 8.91 Å². The summed E-state index contributed by atoms with van der Waals surface area (Å²) in [5.74, 6) is 2.76. The maximum atomic E-state index is 13.5. The summed E-state index contributed by atoms with van der Waals surface area (Å²) in [6, 6.07) is 10.8. The number of hydrogen-bond acceptors (Lipinski definition) is 3. The van der Waals surface area contributed by atoms with Gasteiger partial charge in [0, 0.05) is 46.0 Å². The van der Waals surface area contributed by atoms with Crippen molar-refractivity contribution in [3.8, 4) is 23.5 Å². The van der Waals surface area contributed by atoms with Gasteiger partial charge in [-0.15, -0.1) is 6.42 Å². The Morgan fingerprint density at radius 2 is 2.09 bits per heavy atom. The fourth-order valence-electron chi connectivity index (χ4n) is 5.28. The maximum absolute atomic E-state index is 13.5. The van der Waals surface area contributed by atoms with Crippen molar-refractivity contribution in [1.29, 1.82) is 0 Å². The van der Waals surface area contributed by atoms with E-state index >= 15 is 0 Å². The maximum Gasteiger partial charge on any atom is 0.254 e. The summed E-state index contributed by atoms with van der Waals surface area (Å²) in [6.07, 6.45) is 12.5. The summed E-state index contributed by atoms with van der Waals surface area (Å²) < 4.78 is 28.6. The van der Waals surface area contributed by atoms with Crippen LogP contribution in [0.2, 0.25) is 0 Å². The minimum atomic E-state index is -2.62. The van der Waals surface area contributed by atoms with Gasteiger partial charge in [0.25, 0.3) is 5.91 Å². The van der Waals surface area contributed by atoms with Crippen LogP contribution in [0.1, 0.15) is 68.8 Å². The Bertz CT molecular complexity index is 1590. The van der Waals surface area contributed by atoms with Gasteiger partial charge in [-0.2, -0.15) is 5.10 Å². The second-order valence-electron chi connectivity index (χ2n) is 8.84. The van der Waals surface area contributed by atoms with Crippen LogP contribution in [0.25, 0.3) is 22.2 Å². The molecular formula is C26H21N5O. The first-order valence-electron chi connectivity index (χ1n) is 12.3. The third-order valence-electron chi connectivity index (χ3n) is 6.98. The smallest absolute Gasteiger partial charge is 0.254 e. The molecule has 2 aromatic heterocycles. The molecule has 1 fully saturated rings. The van der Waals surface area contributed by atoms with Gasteiger partial charge in [0.05, 0.1) is 35.4 Å². The molecule has 7 rings (SSSR count). The first-order valence-corrected chi connectivity index (χ1v) is 10.8. The van der Waals surface area contributed by atoms with Gasteiger partial charge in [0.1, 0.15) is 5.82 Å². The van der Waals surface area contributed by atoms with Crippen molar-refractivity contribution in [2.45, 2.75) is 37.4 Å². The molecule has 0 unspecified atom stereocenters. The molecule has 1 amide bonds. The molecule has 0 spiro atoms. The Morgan fingerprint density at radius 1 is 1.19 bits per heavy atom. The lowest BCUT2D eigenvalue weighted by Gasteiger charge is -2.24. The van der Waals surface area contributed by atoms with Crippen LogP contribution in [0, 0.1) is 12.3 Å². The first kappa shape index (κ1) is 15.0. The summed E-state index contributed by atoms with van der Waals surface area (Å²) >= 11 is 0. The van der Waals surface area contributed by atoms with Crippen LogP contribution in [-0.2, 0) is 0 Å². The van der Waals surface area contributed by atoms with Crippen molar-refractivity contribution in [2.24, 2.45) is 0 Å². The fraction of sp³-hybridized carbons (Fsp3) is 0.269. The molecule has 0 radical (unpaired) electrons. The van der Waals surface area contributed by atoms with Crippen LogP contribution in [0.15, 0.2) is 48.8 Å². The van der Waals surface area contributed by atoms with Crippen molar-refractivity contribution >= 4 is 16.9 Å². The van der Waals surface area contributed by atoms with Crippen LogP contribution in [0.5, 0.6) is 0 Å². The van der Waals surface area contributed by atoms with Gasteiger partial charge in [-0.25, -0.2) is 4.98 Å². The van der Waals surface area contributed by atoms with Crippen LogP contribution in [-0.4, -0.2) is 37.1 Å². The Kier molecular flexibility index (Phi) is 2.87. The molecular weight excluding hydrogens is 398 g/mol. The number of rotatable bonds is 2. The molecule has 6 nitrogen and oxygen atoms in total. The zero-order valence-corrected chi connectivity index (χ0v) is 17.2. The molecule has 32 heavy (non-hydrogen) atoms. The molecule has 2 aliphatic heterocycles. The van der Waals surface area contributed by atoms with E-state index in [1.165, 1.54) is 0 Å². The van der Waals surface area contributed by atoms with Gasteiger partial charge in [-0.1, -0.05) is 18.1 Å². The zero-order chi connectivity index (χ0) is 24.1. The largest absolute Gasteiger partial charge is 0.331 e. The SMILES string of the molecule is [2H]C([2H])([2H])N1C(=O)c2cccc(C#C)c2[C@H]2C[C@@H]1c1nc3ccc(-c4cnn(C5CC5)c4)cc3n12. The van der Waals surface area contributed by atoms with Gasteiger partial charge in [-0.05, 0) is 42.7 Å². The van der Waals surface area contributed by atoms with E-state index in [0.717, 1.165) is 39.9 Å². The van der Waals surface area contributed by atoms with Crippen LogP contribution < -0.4 is 0 Å². The molecule has 2 atom stereocenters. The van der Waals surface area contributed by atoms with Crippen LogP contribution in [0.4, 0.5) is 0 Å². The van der Waals surface area contributed by atoms with Gasteiger partial charge in [0.2, 0.25) is 0 Å². The highest BCUT2D eigenvalue weighted by Crippen LogP contribution is 2.48. The molecule has 1 aliphatic carbocycles. The van der Waals surface area contributed by atoms with E-state index in [4.69, 9.17) is 15.5 Å². The number of imidazole rings is 1. The first-order chi connectivity index (χ1) is 16.8. The van der Waals surface area contributed by atoms with Crippen molar-refractivity contribution in [1.82, 2.24) is 24.2 Å². The average Bonchev–Trinajstić information content (AvgIpc) is 3.32. The number of benzene rings is 2. The van der Waals surface area contributed by atoms with Crippen molar-refractivity contribution in [2.75, 3.05) is 6.98 Å². The normalized spacial score (nSPS) is 23.2. The zero-order valence-electron chi connectivity index (χ0n) is 20.2. The number of hydrogen-bond donors (Lipinski definition) is 0. The van der Waals surface area contributed by atoms with E-state index in [9.17, 15) is 4.79 Å². The quantitative estimate of drug-likeness (QED) is 0.452. The summed E-state index contributed by atoms with van der Waals surface area (Å²) in [6.45, 7) is -2.62. The monoisotopic (exact) mass is 422 g/mol. The van der Waals surface area contributed by atoms with Gasteiger partial charge < -0.3 is 9.47 Å². The minimum Gasteiger partial charge on any atom is -0.331 e. The number of carbonyl (C=O) groups is 1. The number of nitrogens with zero attached hydrogens (tertiary/aromatic N) is 5. The molecule has 0 N–H and O–H groups in total. The average molecular weight is 423 g/mol. The molecule has 3 aliphatic rings.